The third-order valence-electron chi connectivity index (χ3n) is 9.89. The monoisotopic (exact) mass is 596 g/mol. The maximum absolute atomic E-state index is 16.6. The maximum Gasteiger partial charge on any atom is 0.319 e. The minimum Gasteiger partial charge on any atom is -0.461 e. The largest absolute Gasteiger partial charge is 0.461 e. The van der Waals surface area contributed by atoms with E-state index in [1.54, 1.807) is 18.5 Å². The van der Waals surface area contributed by atoms with E-state index in [9.17, 15) is 4.39 Å². The molecule has 0 radical (unpaired) electrons. The summed E-state index contributed by atoms with van der Waals surface area (Å²) in [6, 6.07) is 1.84. The second-order valence-electron chi connectivity index (χ2n) is 12.4. The number of alkyl halides is 1. The first-order chi connectivity index (χ1) is 20.2. The second-order valence-corrected chi connectivity index (χ2v) is 12.8. The van der Waals surface area contributed by atoms with Gasteiger partial charge in [0.1, 0.15) is 29.8 Å². The Balaban J connectivity index is 1.31. The second kappa shape index (κ2) is 10.2. The Kier molecular flexibility index (Phi) is 6.75. The quantitative estimate of drug-likeness (QED) is 0.275. The summed E-state index contributed by atoms with van der Waals surface area (Å²) in [7, 11) is 4.16. The summed E-state index contributed by atoms with van der Waals surface area (Å²) >= 11 is 6.52. The van der Waals surface area contributed by atoms with Crippen LogP contribution in [0, 0.1) is 12.7 Å². The van der Waals surface area contributed by atoms with Gasteiger partial charge in [0.15, 0.2) is 5.82 Å². The van der Waals surface area contributed by atoms with Crippen LogP contribution in [0.3, 0.4) is 0 Å². The zero-order chi connectivity index (χ0) is 29.2. The molecule has 3 aliphatic rings. The van der Waals surface area contributed by atoms with Crippen molar-refractivity contribution in [3.05, 3.63) is 34.9 Å². The predicted molar refractivity (Wildman–Crippen MR) is 159 cm³/mol. The topological polar surface area (TPSA) is 95.1 Å². The van der Waals surface area contributed by atoms with Crippen LogP contribution in [-0.2, 0) is 0 Å². The molecule has 3 fully saturated rings. The minimum atomic E-state index is -0.875. The lowest BCUT2D eigenvalue weighted by atomic mass is 9.75. The number of fused-ring (bicyclic) bond motifs is 3. The van der Waals surface area contributed by atoms with E-state index in [-0.39, 0.29) is 34.9 Å². The summed E-state index contributed by atoms with van der Waals surface area (Å²) in [5, 5.41) is 12.2. The highest BCUT2D eigenvalue weighted by Crippen LogP contribution is 2.42. The van der Waals surface area contributed by atoms with Crippen LogP contribution < -0.4 is 10.1 Å². The Hall–Kier alpha value is -3.15. The van der Waals surface area contributed by atoms with Crippen molar-refractivity contribution in [3.63, 3.8) is 0 Å². The molecule has 2 N–H and O–H groups in total. The van der Waals surface area contributed by atoms with Crippen molar-refractivity contribution >= 4 is 39.2 Å². The number of anilines is 1. The van der Waals surface area contributed by atoms with Crippen molar-refractivity contribution in [1.29, 1.82) is 0 Å². The molecule has 0 spiro atoms. The van der Waals surface area contributed by atoms with Crippen LogP contribution in [0.2, 0.25) is 5.02 Å². The Labute approximate surface area is 248 Å². The Morgan fingerprint density at radius 2 is 2.02 bits per heavy atom. The highest BCUT2D eigenvalue weighted by atomic mass is 35.5. The van der Waals surface area contributed by atoms with Gasteiger partial charge in [0.05, 0.1) is 22.6 Å². The lowest BCUT2D eigenvalue weighted by molar-refractivity contribution is 0.0738. The van der Waals surface area contributed by atoms with E-state index >= 15 is 4.39 Å². The summed E-state index contributed by atoms with van der Waals surface area (Å²) in [6.07, 6.45) is 7.95. The lowest BCUT2D eigenvalue weighted by Gasteiger charge is -2.47. The molecule has 5 heterocycles. The van der Waals surface area contributed by atoms with Gasteiger partial charge in [-0.15, -0.1) is 0 Å². The minimum absolute atomic E-state index is 0.00169. The van der Waals surface area contributed by atoms with Crippen LogP contribution in [0.25, 0.3) is 33.1 Å². The summed E-state index contributed by atoms with van der Waals surface area (Å²) in [6.45, 7) is 4.00. The first-order valence-corrected chi connectivity index (χ1v) is 15.0. The van der Waals surface area contributed by atoms with E-state index in [1.807, 2.05) is 6.92 Å². The zero-order valence-electron chi connectivity index (χ0n) is 24.1. The van der Waals surface area contributed by atoms with Gasteiger partial charge in [-0.25, -0.2) is 8.78 Å². The average Bonchev–Trinajstić information content (AvgIpc) is 3.62. The molecule has 222 valence electrons. The highest BCUT2D eigenvalue weighted by molar-refractivity contribution is 6.32. The predicted octanol–water partition coefficient (Wildman–Crippen LogP) is 5.52. The van der Waals surface area contributed by atoms with E-state index < -0.39 is 12.0 Å². The summed E-state index contributed by atoms with van der Waals surface area (Å²) in [5.74, 6) is -0.125. The van der Waals surface area contributed by atoms with Crippen LogP contribution in [0.4, 0.5) is 14.6 Å². The van der Waals surface area contributed by atoms with Crippen molar-refractivity contribution < 1.29 is 13.5 Å². The Morgan fingerprint density at radius 1 is 1.19 bits per heavy atom. The number of rotatable bonds is 8. The third kappa shape index (κ3) is 4.39. The van der Waals surface area contributed by atoms with Crippen LogP contribution in [-0.4, -0.2) is 92.5 Å². The number of pyridine rings is 1. The number of aromatic nitrogens is 5. The van der Waals surface area contributed by atoms with Crippen molar-refractivity contribution in [2.24, 2.45) is 0 Å². The number of aromatic amines is 1. The number of nitrogens with zero attached hydrogens (tertiary/aromatic N) is 6. The number of likely N-dealkylation sites (N-methyl/N-ethyl adjacent to an activating group) is 1. The smallest absolute Gasteiger partial charge is 0.319 e. The molecule has 12 heteroatoms. The van der Waals surface area contributed by atoms with E-state index in [1.165, 1.54) is 0 Å². The highest BCUT2D eigenvalue weighted by Gasteiger charge is 2.49. The average molecular weight is 597 g/mol. The first kappa shape index (κ1) is 27.7. The van der Waals surface area contributed by atoms with Gasteiger partial charge in [0.25, 0.3) is 0 Å². The molecule has 1 aliphatic carbocycles. The van der Waals surface area contributed by atoms with Crippen molar-refractivity contribution in [3.8, 4) is 17.3 Å². The van der Waals surface area contributed by atoms with Crippen LogP contribution in [0.5, 0.6) is 6.01 Å². The van der Waals surface area contributed by atoms with E-state index in [4.69, 9.17) is 21.3 Å². The van der Waals surface area contributed by atoms with Gasteiger partial charge >= 0.3 is 6.01 Å². The molecule has 0 bridgehead atoms. The van der Waals surface area contributed by atoms with Crippen molar-refractivity contribution in [1.82, 2.24) is 34.9 Å². The molecule has 0 amide bonds. The van der Waals surface area contributed by atoms with Gasteiger partial charge in [-0.1, -0.05) is 11.6 Å². The lowest BCUT2D eigenvalue weighted by Crippen LogP contribution is -2.54. The van der Waals surface area contributed by atoms with Gasteiger partial charge < -0.3 is 15.0 Å². The number of nitrogens with one attached hydrogen (secondary N) is 2. The Bertz CT molecular complexity index is 1670. The molecule has 3 aromatic heterocycles. The fourth-order valence-electron chi connectivity index (χ4n) is 7.14. The molecule has 42 heavy (non-hydrogen) atoms. The fourth-order valence-corrected chi connectivity index (χ4v) is 7.34. The molecule has 4 aromatic rings. The van der Waals surface area contributed by atoms with Crippen LogP contribution in [0.1, 0.15) is 44.1 Å². The summed E-state index contributed by atoms with van der Waals surface area (Å²) in [5.41, 5.74) is 1.80. The van der Waals surface area contributed by atoms with E-state index in [2.05, 4.69) is 49.4 Å². The molecule has 2 aliphatic heterocycles. The zero-order valence-corrected chi connectivity index (χ0v) is 24.9. The van der Waals surface area contributed by atoms with Gasteiger partial charge in [-0.2, -0.15) is 15.1 Å². The van der Waals surface area contributed by atoms with E-state index in [0.717, 1.165) is 38.6 Å². The molecular formula is C30H35ClF2N8O. The molecule has 2 atom stereocenters. The van der Waals surface area contributed by atoms with Crippen molar-refractivity contribution in [2.45, 2.75) is 62.7 Å². The van der Waals surface area contributed by atoms with Gasteiger partial charge in [-0.3, -0.25) is 15.0 Å². The molecule has 1 saturated carbocycles. The maximum atomic E-state index is 16.6. The number of H-pyrrole nitrogens is 1. The summed E-state index contributed by atoms with van der Waals surface area (Å²) < 4.78 is 37.2. The SMILES string of the molecule is Cc1c(Cl)cc2[nH]ncc2c1-c1ncc2c(NCC3(N(C)C)CCC3)nc(OC[C@@]34CCCN3C[C@H](F)C4)nc2c1F. The van der Waals surface area contributed by atoms with Crippen molar-refractivity contribution in [2.75, 3.05) is 45.7 Å². The fraction of sp³-hybridized carbons (Fsp3) is 0.533. The molecule has 1 aromatic carbocycles. The number of hydrogen-bond acceptors (Lipinski definition) is 8. The number of halogens is 3. The van der Waals surface area contributed by atoms with Crippen LogP contribution in [0.15, 0.2) is 18.5 Å². The standard InChI is InChI=1S/C30H35ClF2N8O/c1-17-21(31)10-22-19(13-36-39-22)23(17)26-24(33)25-20(12-34-26)27(35-15-29(40(2)3)6-4-7-29)38-28(37-25)42-16-30-8-5-9-41(30)14-18(32)11-30/h10,12-13,18H,4-9,11,14-16H2,1-3H3,(H,36,39)(H,35,37,38)/t18-,30+/m1/s1. The molecule has 7 rings (SSSR count). The number of benzene rings is 1. The first-order valence-electron chi connectivity index (χ1n) is 14.6. The number of hydrogen-bond donors (Lipinski definition) is 2. The third-order valence-corrected chi connectivity index (χ3v) is 10.3. The van der Waals surface area contributed by atoms with Gasteiger partial charge in [-0.05, 0) is 71.3 Å². The molecular weight excluding hydrogens is 562 g/mol. The van der Waals surface area contributed by atoms with Gasteiger partial charge in [0, 0.05) is 47.2 Å². The van der Waals surface area contributed by atoms with Gasteiger partial charge in [0.2, 0.25) is 0 Å². The normalized spacial score (nSPS) is 23.5. The Morgan fingerprint density at radius 3 is 2.79 bits per heavy atom. The summed E-state index contributed by atoms with van der Waals surface area (Å²) in [4.78, 5) is 18.3. The molecule has 0 unspecified atom stereocenters. The van der Waals surface area contributed by atoms with E-state index in [0.29, 0.717) is 57.8 Å². The van der Waals surface area contributed by atoms with Crippen LogP contribution >= 0.6 is 11.6 Å². The number of ether oxygens (including phenoxy) is 1. The molecule has 9 nitrogen and oxygen atoms in total. The molecule has 2 saturated heterocycles.